The SMILES string of the molecule is CC(Cl)CCc1ccc(-n2ccnc2)cc1. The number of aryl methyl sites for hydroxylation is 1. The predicted molar refractivity (Wildman–Crippen MR) is 67.2 cm³/mol. The van der Waals surface area contributed by atoms with Crippen LogP contribution in [0.1, 0.15) is 18.9 Å². The van der Waals surface area contributed by atoms with Crippen molar-refractivity contribution in [2.75, 3.05) is 0 Å². The number of rotatable bonds is 4. The van der Waals surface area contributed by atoms with E-state index in [1.807, 2.05) is 17.7 Å². The number of benzene rings is 1. The zero-order chi connectivity index (χ0) is 11.4. The average Bonchev–Trinajstić information content (AvgIpc) is 2.80. The lowest BCUT2D eigenvalue weighted by Crippen LogP contribution is -1.95. The van der Waals surface area contributed by atoms with Gasteiger partial charge in [0, 0.05) is 23.5 Å². The number of halogens is 1. The van der Waals surface area contributed by atoms with Crippen LogP contribution in [0.3, 0.4) is 0 Å². The van der Waals surface area contributed by atoms with E-state index >= 15 is 0 Å². The summed E-state index contributed by atoms with van der Waals surface area (Å²) in [5.41, 5.74) is 2.47. The number of aromatic nitrogens is 2. The maximum atomic E-state index is 5.93. The summed E-state index contributed by atoms with van der Waals surface area (Å²) in [7, 11) is 0. The van der Waals surface area contributed by atoms with Crippen LogP contribution >= 0.6 is 11.6 Å². The van der Waals surface area contributed by atoms with Crippen molar-refractivity contribution in [3.8, 4) is 5.69 Å². The number of hydrogen-bond donors (Lipinski definition) is 0. The Balaban J connectivity index is 2.05. The number of alkyl halides is 1. The van der Waals surface area contributed by atoms with Crippen molar-refractivity contribution in [2.24, 2.45) is 0 Å². The molecule has 0 aliphatic carbocycles. The minimum atomic E-state index is 0.244. The zero-order valence-corrected chi connectivity index (χ0v) is 10.1. The Morgan fingerprint density at radius 1 is 1.31 bits per heavy atom. The Hall–Kier alpha value is -1.28. The van der Waals surface area contributed by atoms with E-state index in [0.29, 0.717) is 0 Å². The molecule has 1 heterocycles. The first-order valence-electron chi connectivity index (χ1n) is 5.47. The standard InChI is InChI=1S/C13H15ClN2/c1-11(14)2-3-12-4-6-13(7-5-12)16-9-8-15-10-16/h4-11H,2-3H2,1H3. The van der Waals surface area contributed by atoms with Gasteiger partial charge in [0.15, 0.2) is 0 Å². The molecule has 1 unspecified atom stereocenters. The molecule has 0 amide bonds. The van der Waals surface area contributed by atoms with Gasteiger partial charge in [-0.25, -0.2) is 4.98 Å². The van der Waals surface area contributed by atoms with E-state index in [1.165, 1.54) is 5.56 Å². The highest BCUT2D eigenvalue weighted by atomic mass is 35.5. The molecular formula is C13H15ClN2. The largest absolute Gasteiger partial charge is 0.306 e. The van der Waals surface area contributed by atoms with Crippen LogP contribution in [-0.4, -0.2) is 14.9 Å². The maximum Gasteiger partial charge on any atom is 0.0991 e. The van der Waals surface area contributed by atoms with Gasteiger partial charge in [-0.1, -0.05) is 12.1 Å². The summed E-state index contributed by atoms with van der Waals surface area (Å²) in [5, 5.41) is 0.244. The van der Waals surface area contributed by atoms with E-state index in [2.05, 4.69) is 29.2 Å². The highest BCUT2D eigenvalue weighted by Crippen LogP contribution is 2.12. The topological polar surface area (TPSA) is 17.8 Å². The Bertz CT molecular complexity index is 418. The van der Waals surface area contributed by atoms with Gasteiger partial charge in [0.05, 0.1) is 6.33 Å². The molecule has 2 rings (SSSR count). The smallest absolute Gasteiger partial charge is 0.0991 e. The summed E-state index contributed by atoms with van der Waals surface area (Å²) < 4.78 is 1.99. The van der Waals surface area contributed by atoms with Gasteiger partial charge < -0.3 is 4.57 Å². The van der Waals surface area contributed by atoms with Crippen molar-refractivity contribution in [1.82, 2.24) is 9.55 Å². The van der Waals surface area contributed by atoms with Gasteiger partial charge in [0.2, 0.25) is 0 Å². The lowest BCUT2D eigenvalue weighted by atomic mass is 10.1. The van der Waals surface area contributed by atoms with Crippen molar-refractivity contribution >= 4 is 11.6 Å². The molecule has 0 N–H and O–H groups in total. The summed E-state index contributed by atoms with van der Waals surface area (Å²) in [5.74, 6) is 0. The quantitative estimate of drug-likeness (QED) is 0.742. The Kier molecular flexibility index (Phi) is 3.62. The third kappa shape index (κ3) is 2.86. The third-order valence-corrected chi connectivity index (χ3v) is 2.79. The summed E-state index contributed by atoms with van der Waals surface area (Å²) in [6.07, 6.45) is 7.58. The van der Waals surface area contributed by atoms with E-state index in [-0.39, 0.29) is 5.38 Å². The molecule has 0 saturated heterocycles. The minimum absolute atomic E-state index is 0.244. The Labute approximate surface area is 101 Å². The molecule has 3 heteroatoms. The van der Waals surface area contributed by atoms with Crippen LogP contribution in [0.2, 0.25) is 0 Å². The van der Waals surface area contributed by atoms with Crippen molar-refractivity contribution in [2.45, 2.75) is 25.1 Å². The number of imidazole rings is 1. The summed E-state index contributed by atoms with van der Waals surface area (Å²) in [6.45, 7) is 2.03. The van der Waals surface area contributed by atoms with Crippen LogP contribution in [0.5, 0.6) is 0 Å². The second-order valence-corrected chi connectivity index (χ2v) is 4.70. The fourth-order valence-electron chi connectivity index (χ4n) is 1.61. The van der Waals surface area contributed by atoms with Crippen molar-refractivity contribution in [3.05, 3.63) is 48.5 Å². The summed E-state index contributed by atoms with van der Waals surface area (Å²) >= 11 is 5.93. The normalized spacial score (nSPS) is 12.6. The maximum absolute atomic E-state index is 5.93. The summed E-state index contributed by atoms with van der Waals surface area (Å²) in [4.78, 5) is 4.03. The van der Waals surface area contributed by atoms with Crippen LogP contribution in [-0.2, 0) is 6.42 Å². The molecule has 0 bridgehead atoms. The second kappa shape index (κ2) is 5.17. The van der Waals surface area contributed by atoms with E-state index in [0.717, 1.165) is 18.5 Å². The minimum Gasteiger partial charge on any atom is -0.306 e. The van der Waals surface area contributed by atoms with Crippen molar-refractivity contribution < 1.29 is 0 Å². The first kappa shape index (κ1) is 11.2. The third-order valence-electron chi connectivity index (χ3n) is 2.57. The monoisotopic (exact) mass is 234 g/mol. The Morgan fingerprint density at radius 2 is 2.06 bits per heavy atom. The van der Waals surface area contributed by atoms with E-state index in [4.69, 9.17) is 11.6 Å². The van der Waals surface area contributed by atoms with Crippen LogP contribution in [0.25, 0.3) is 5.69 Å². The predicted octanol–water partition coefficient (Wildman–Crippen LogP) is 3.43. The zero-order valence-electron chi connectivity index (χ0n) is 9.31. The number of hydrogen-bond acceptors (Lipinski definition) is 1. The van der Waals surface area contributed by atoms with Gasteiger partial charge in [0.1, 0.15) is 0 Å². The van der Waals surface area contributed by atoms with Crippen molar-refractivity contribution in [3.63, 3.8) is 0 Å². The van der Waals surface area contributed by atoms with Gasteiger partial charge in [0.25, 0.3) is 0 Å². The molecule has 2 aromatic rings. The van der Waals surface area contributed by atoms with Gasteiger partial charge in [-0.2, -0.15) is 0 Å². The average molecular weight is 235 g/mol. The first-order valence-corrected chi connectivity index (χ1v) is 5.90. The molecule has 84 valence electrons. The van der Waals surface area contributed by atoms with E-state index < -0.39 is 0 Å². The first-order chi connectivity index (χ1) is 7.75. The molecule has 0 radical (unpaired) electrons. The molecule has 0 saturated carbocycles. The molecule has 0 fully saturated rings. The van der Waals surface area contributed by atoms with E-state index in [9.17, 15) is 0 Å². The molecule has 1 aromatic heterocycles. The van der Waals surface area contributed by atoms with Crippen LogP contribution in [0, 0.1) is 0 Å². The van der Waals surface area contributed by atoms with Crippen LogP contribution < -0.4 is 0 Å². The van der Waals surface area contributed by atoms with Crippen molar-refractivity contribution in [1.29, 1.82) is 0 Å². The molecule has 0 aliphatic heterocycles. The van der Waals surface area contributed by atoms with E-state index in [1.54, 1.807) is 12.5 Å². The highest BCUT2D eigenvalue weighted by Gasteiger charge is 1.99. The molecular weight excluding hydrogens is 220 g/mol. The molecule has 1 atom stereocenters. The van der Waals surface area contributed by atoms with Crippen LogP contribution in [0.15, 0.2) is 43.0 Å². The number of nitrogens with zero attached hydrogens (tertiary/aromatic N) is 2. The fraction of sp³-hybridized carbons (Fsp3) is 0.308. The van der Waals surface area contributed by atoms with Gasteiger partial charge in [-0.05, 0) is 37.5 Å². The highest BCUT2D eigenvalue weighted by molar-refractivity contribution is 6.20. The van der Waals surface area contributed by atoms with Gasteiger partial charge in [-0.3, -0.25) is 0 Å². The lowest BCUT2D eigenvalue weighted by molar-refractivity contribution is 0.803. The van der Waals surface area contributed by atoms with Gasteiger partial charge in [-0.15, -0.1) is 11.6 Å². The Morgan fingerprint density at radius 3 is 2.62 bits per heavy atom. The molecule has 1 aromatic carbocycles. The molecule has 0 spiro atoms. The summed E-state index contributed by atoms with van der Waals surface area (Å²) in [6, 6.07) is 8.51. The molecule has 0 aliphatic rings. The van der Waals surface area contributed by atoms with Gasteiger partial charge >= 0.3 is 0 Å². The molecule has 2 nitrogen and oxygen atoms in total. The van der Waals surface area contributed by atoms with Crippen LogP contribution in [0.4, 0.5) is 0 Å². The molecule has 16 heavy (non-hydrogen) atoms. The second-order valence-electron chi connectivity index (χ2n) is 3.96. The fourth-order valence-corrected chi connectivity index (χ4v) is 1.72. The lowest BCUT2D eigenvalue weighted by Gasteiger charge is -2.05.